The molecule has 1 heterocycles. The summed E-state index contributed by atoms with van der Waals surface area (Å²) in [6.07, 6.45) is 0. The van der Waals surface area contributed by atoms with Crippen LogP contribution in [0.4, 0.5) is 5.82 Å². The standard InChI is InChI=1S/C12H16N4O/c1-9-3-5-11(6-4-9)17-8-7-16-10(2)12(13)14-15-16/h3-6H,7-8,13H2,1-2H3. The maximum atomic E-state index is 5.60. The van der Waals surface area contributed by atoms with Gasteiger partial charge in [0.05, 0.1) is 12.2 Å². The van der Waals surface area contributed by atoms with E-state index in [1.165, 1.54) is 5.56 Å². The lowest BCUT2D eigenvalue weighted by Gasteiger charge is -2.07. The van der Waals surface area contributed by atoms with Gasteiger partial charge >= 0.3 is 0 Å². The number of anilines is 1. The molecule has 0 saturated heterocycles. The molecule has 0 fully saturated rings. The highest BCUT2D eigenvalue weighted by Crippen LogP contribution is 2.11. The average molecular weight is 232 g/mol. The fraction of sp³-hybridized carbons (Fsp3) is 0.333. The van der Waals surface area contributed by atoms with Gasteiger partial charge in [-0.2, -0.15) is 0 Å². The minimum Gasteiger partial charge on any atom is -0.492 e. The van der Waals surface area contributed by atoms with Crippen LogP contribution < -0.4 is 10.5 Å². The van der Waals surface area contributed by atoms with Gasteiger partial charge in [0.15, 0.2) is 5.82 Å². The van der Waals surface area contributed by atoms with Gasteiger partial charge < -0.3 is 10.5 Å². The lowest BCUT2D eigenvalue weighted by Crippen LogP contribution is -2.11. The minimum atomic E-state index is 0.473. The Morgan fingerprint density at radius 2 is 1.94 bits per heavy atom. The molecule has 0 atom stereocenters. The van der Waals surface area contributed by atoms with E-state index in [1.54, 1.807) is 4.68 Å². The lowest BCUT2D eigenvalue weighted by atomic mass is 10.2. The molecule has 5 nitrogen and oxygen atoms in total. The van der Waals surface area contributed by atoms with Crippen LogP contribution in [0, 0.1) is 13.8 Å². The Hall–Kier alpha value is -2.04. The number of ether oxygens (including phenoxy) is 1. The number of nitrogens with two attached hydrogens (primary N) is 1. The zero-order valence-electron chi connectivity index (χ0n) is 10.1. The summed E-state index contributed by atoms with van der Waals surface area (Å²) in [5, 5.41) is 7.71. The molecule has 2 N–H and O–H groups in total. The number of nitrogens with zero attached hydrogens (tertiary/aromatic N) is 3. The van der Waals surface area contributed by atoms with Crippen LogP contribution >= 0.6 is 0 Å². The second kappa shape index (κ2) is 4.86. The van der Waals surface area contributed by atoms with Crippen LogP contribution in [0.15, 0.2) is 24.3 Å². The van der Waals surface area contributed by atoms with Gasteiger partial charge in [-0.05, 0) is 26.0 Å². The van der Waals surface area contributed by atoms with Crippen molar-refractivity contribution in [1.29, 1.82) is 0 Å². The van der Waals surface area contributed by atoms with Crippen LogP contribution in [-0.4, -0.2) is 21.6 Å². The fourth-order valence-electron chi connectivity index (χ4n) is 1.47. The molecule has 0 radical (unpaired) electrons. The number of hydrogen-bond acceptors (Lipinski definition) is 4. The van der Waals surface area contributed by atoms with Crippen LogP contribution in [0.1, 0.15) is 11.3 Å². The molecular formula is C12H16N4O. The number of aromatic nitrogens is 3. The first-order valence-electron chi connectivity index (χ1n) is 5.52. The second-order valence-electron chi connectivity index (χ2n) is 3.94. The van der Waals surface area contributed by atoms with Crippen molar-refractivity contribution in [3.63, 3.8) is 0 Å². The van der Waals surface area contributed by atoms with Crippen molar-refractivity contribution in [3.05, 3.63) is 35.5 Å². The molecule has 0 spiro atoms. The maximum absolute atomic E-state index is 5.60. The maximum Gasteiger partial charge on any atom is 0.168 e. The summed E-state index contributed by atoms with van der Waals surface area (Å²) >= 11 is 0. The molecule has 0 bridgehead atoms. The second-order valence-corrected chi connectivity index (χ2v) is 3.94. The van der Waals surface area contributed by atoms with Gasteiger partial charge in [0.1, 0.15) is 12.4 Å². The zero-order chi connectivity index (χ0) is 12.3. The predicted molar refractivity (Wildman–Crippen MR) is 65.8 cm³/mol. The van der Waals surface area contributed by atoms with Crippen molar-refractivity contribution in [2.24, 2.45) is 0 Å². The first kappa shape index (κ1) is 11.4. The highest BCUT2D eigenvalue weighted by atomic mass is 16.5. The van der Waals surface area contributed by atoms with E-state index in [0.29, 0.717) is 19.0 Å². The molecule has 2 rings (SSSR count). The normalized spacial score (nSPS) is 10.5. The summed E-state index contributed by atoms with van der Waals surface area (Å²) in [5.74, 6) is 1.33. The third-order valence-corrected chi connectivity index (χ3v) is 2.61. The molecule has 0 aliphatic rings. The van der Waals surface area contributed by atoms with Crippen molar-refractivity contribution in [2.45, 2.75) is 20.4 Å². The van der Waals surface area contributed by atoms with Gasteiger partial charge in [0.2, 0.25) is 0 Å². The Balaban J connectivity index is 1.87. The van der Waals surface area contributed by atoms with Gasteiger partial charge in [-0.3, -0.25) is 0 Å². The topological polar surface area (TPSA) is 66.0 Å². The van der Waals surface area contributed by atoms with Crippen LogP contribution in [0.5, 0.6) is 5.75 Å². The number of benzene rings is 1. The summed E-state index contributed by atoms with van der Waals surface area (Å²) in [5.41, 5.74) is 7.70. The van der Waals surface area contributed by atoms with E-state index in [9.17, 15) is 0 Å². The van der Waals surface area contributed by atoms with Gasteiger partial charge in [-0.25, -0.2) is 4.68 Å². The molecule has 5 heteroatoms. The molecule has 0 unspecified atom stereocenters. The summed E-state index contributed by atoms with van der Waals surface area (Å²) in [7, 11) is 0. The van der Waals surface area contributed by atoms with Gasteiger partial charge in [0.25, 0.3) is 0 Å². The Bertz CT molecular complexity index is 490. The monoisotopic (exact) mass is 232 g/mol. The van der Waals surface area contributed by atoms with Gasteiger partial charge in [-0.1, -0.05) is 22.9 Å². The van der Waals surface area contributed by atoms with Gasteiger partial charge in [0, 0.05) is 0 Å². The number of rotatable bonds is 4. The van der Waals surface area contributed by atoms with Crippen molar-refractivity contribution in [2.75, 3.05) is 12.3 Å². The van der Waals surface area contributed by atoms with Crippen LogP contribution in [0.3, 0.4) is 0 Å². The average Bonchev–Trinajstić information content (AvgIpc) is 2.64. The van der Waals surface area contributed by atoms with E-state index in [-0.39, 0.29) is 0 Å². The number of hydrogen-bond donors (Lipinski definition) is 1. The van der Waals surface area contributed by atoms with Crippen molar-refractivity contribution < 1.29 is 4.74 Å². The summed E-state index contributed by atoms with van der Waals surface area (Å²) in [6.45, 7) is 5.13. The van der Waals surface area contributed by atoms with Crippen molar-refractivity contribution in [3.8, 4) is 5.75 Å². The first-order valence-corrected chi connectivity index (χ1v) is 5.52. The number of nitrogen functional groups attached to an aromatic ring is 1. The summed E-state index contributed by atoms with van der Waals surface area (Å²) in [6, 6.07) is 7.96. The molecule has 1 aromatic carbocycles. The molecule has 0 aliphatic carbocycles. The molecular weight excluding hydrogens is 216 g/mol. The smallest absolute Gasteiger partial charge is 0.168 e. The molecule has 0 amide bonds. The van der Waals surface area contributed by atoms with E-state index in [0.717, 1.165) is 11.4 Å². The zero-order valence-corrected chi connectivity index (χ0v) is 10.1. The molecule has 2 aromatic rings. The largest absolute Gasteiger partial charge is 0.492 e. The van der Waals surface area contributed by atoms with Crippen molar-refractivity contribution >= 4 is 5.82 Å². The highest BCUT2D eigenvalue weighted by molar-refractivity contribution is 5.31. The fourth-order valence-corrected chi connectivity index (χ4v) is 1.47. The van der Waals surface area contributed by atoms with E-state index in [2.05, 4.69) is 10.3 Å². The molecule has 1 aromatic heterocycles. The Morgan fingerprint density at radius 1 is 1.24 bits per heavy atom. The highest BCUT2D eigenvalue weighted by Gasteiger charge is 2.04. The third kappa shape index (κ3) is 2.75. The molecule has 0 saturated carbocycles. The van der Waals surface area contributed by atoms with Crippen LogP contribution in [-0.2, 0) is 6.54 Å². The summed E-state index contributed by atoms with van der Waals surface area (Å²) in [4.78, 5) is 0. The SMILES string of the molecule is Cc1ccc(OCCn2nnc(N)c2C)cc1. The minimum absolute atomic E-state index is 0.473. The van der Waals surface area contributed by atoms with Crippen LogP contribution in [0.2, 0.25) is 0 Å². The van der Waals surface area contributed by atoms with E-state index < -0.39 is 0 Å². The number of aryl methyl sites for hydroxylation is 1. The Labute approximate surface area is 100 Å². The predicted octanol–water partition coefficient (Wildman–Crippen LogP) is 1.56. The molecule has 0 aliphatic heterocycles. The third-order valence-electron chi connectivity index (χ3n) is 2.61. The lowest BCUT2D eigenvalue weighted by molar-refractivity contribution is 0.288. The van der Waals surface area contributed by atoms with Crippen molar-refractivity contribution in [1.82, 2.24) is 15.0 Å². The van der Waals surface area contributed by atoms with Crippen LogP contribution in [0.25, 0.3) is 0 Å². The van der Waals surface area contributed by atoms with Gasteiger partial charge in [-0.15, -0.1) is 5.10 Å². The van der Waals surface area contributed by atoms with E-state index in [1.807, 2.05) is 38.1 Å². The van der Waals surface area contributed by atoms with E-state index in [4.69, 9.17) is 10.5 Å². The Kier molecular flexibility index (Phi) is 3.27. The molecule has 17 heavy (non-hydrogen) atoms. The molecule has 90 valence electrons. The first-order chi connectivity index (χ1) is 8.16. The quantitative estimate of drug-likeness (QED) is 0.868. The summed E-state index contributed by atoms with van der Waals surface area (Å²) < 4.78 is 7.34. The Morgan fingerprint density at radius 3 is 2.53 bits per heavy atom. The van der Waals surface area contributed by atoms with E-state index >= 15 is 0 Å².